The Hall–Kier alpha value is -2.37. The maximum Gasteiger partial charge on any atom is 0.250 e. The molecule has 1 aliphatic heterocycles. The Balaban J connectivity index is 2.16. The third kappa shape index (κ3) is 2.79. The second kappa shape index (κ2) is 6.18. The molecule has 0 aliphatic carbocycles. The molecule has 102 valence electrons. The first-order valence-electron chi connectivity index (χ1n) is 6.50. The van der Waals surface area contributed by atoms with Gasteiger partial charge in [-0.15, -0.1) is 0 Å². The summed E-state index contributed by atoms with van der Waals surface area (Å²) >= 11 is 0. The SMILES string of the molecule is CC(CC#N)C(=O)N1OCC[C@H]1c1ccc(C#N)cc1. The fraction of sp³-hybridized carbons (Fsp3) is 0.400. The first-order valence-corrected chi connectivity index (χ1v) is 6.50. The Morgan fingerprint density at radius 1 is 1.45 bits per heavy atom. The van der Waals surface area contributed by atoms with Crippen LogP contribution < -0.4 is 0 Å². The molecular weight excluding hydrogens is 254 g/mol. The topological polar surface area (TPSA) is 77.1 Å². The highest BCUT2D eigenvalue weighted by molar-refractivity contribution is 5.78. The highest BCUT2D eigenvalue weighted by Crippen LogP contribution is 2.31. The van der Waals surface area contributed by atoms with Crippen LogP contribution in [-0.2, 0) is 9.63 Å². The number of nitrogens with zero attached hydrogens (tertiary/aromatic N) is 3. The van der Waals surface area contributed by atoms with Crippen LogP contribution in [0.25, 0.3) is 0 Å². The molecule has 2 atom stereocenters. The summed E-state index contributed by atoms with van der Waals surface area (Å²) in [5, 5.41) is 18.9. The molecule has 0 aromatic heterocycles. The van der Waals surface area contributed by atoms with Crippen LogP contribution in [-0.4, -0.2) is 17.6 Å². The van der Waals surface area contributed by atoms with E-state index in [4.69, 9.17) is 15.4 Å². The van der Waals surface area contributed by atoms with E-state index in [1.54, 1.807) is 19.1 Å². The number of hydroxylamine groups is 2. The fourth-order valence-corrected chi connectivity index (χ4v) is 2.21. The summed E-state index contributed by atoms with van der Waals surface area (Å²) in [6, 6.07) is 11.1. The number of hydrogen-bond acceptors (Lipinski definition) is 4. The molecular formula is C15H15N3O2. The minimum atomic E-state index is -0.376. The van der Waals surface area contributed by atoms with E-state index >= 15 is 0 Å². The molecule has 1 saturated heterocycles. The molecule has 1 amide bonds. The summed E-state index contributed by atoms with van der Waals surface area (Å²) in [5.41, 5.74) is 1.53. The summed E-state index contributed by atoms with van der Waals surface area (Å²) in [6.45, 7) is 2.21. The molecule has 2 rings (SSSR count). The van der Waals surface area contributed by atoms with Gasteiger partial charge in [-0.2, -0.15) is 10.5 Å². The number of rotatable bonds is 3. The van der Waals surface area contributed by atoms with E-state index < -0.39 is 0 Å². The molecule has 1 fully saturated rings. The molecule has 1 aromatic rings. The van der Waals surface area contributed by atoms with E-state index in [2.05, 4.69) is 6.07 Å². The average molecular weight is 269 g/mol. The maximum absolute atomic E-state index is 12.2. The van der Waals surface area contributed by atoms with E-state index in [-0.39, 0.29) is 24.3 Å². The Morgan fingerprint density at radius 2 is 2.15 bits per heavy atom. The van der Waals surface area contributed by atoms with Gasteiger partial charge in [0.05, 0.1) is 36.3 Å². The van der Waals surface area contributed by atoms with E-state index in [0.717, 1.165) is 12.0 Å². The lowest BCUT2D eigenvalue weighted by atomic mass is 10.0. The van der Waals surface area contributed by atoms with Gasteiger partial charge in [0.15, 0.2) is 0 Å². The van der Waals surface area contributed by atoms with Crippen molar-refractivity contribution >= 4 is 5.91 Å². The second-order valence-corrected chi connectivity index (χ2v) is 4.80. The number of carbonyl (C=O) groups is 1. The molecule has 0 radical (unpaired) electrons. The van der Waals surface area contributed by atoms with Crippen molar-refractivity contribution in [3.8, 4) is 12.1 Å². The van der Waals surface area contributed by atoms with Crippen molar-refractivity contribution in [1.29, 1.82) is 10.5 Å². The lowest BCUT2D eigenvalue weighted by Gasteiger charge is -2.25. The van der Waals surface area contributed by atoms with Gasteiger partial charge in [0.2, 0.25) is 0 Å². The zero-order chi connectivity index (χ0) is 14.5. The highest BCUT2D eigenvalue weighted by atomic mass is 16.7. The van der Waals surface area contributed by atoms with Crippen molar-refractivity contribution < 1.29 is 9.63 Å². The number of hydrogen-bond donors (Lipinski definition) is 0. The molecule has 0 spiro atoms. The van der Waals surface area contributed by atoms with Crippen LogP contribution in [0.5, 0.6) is 0 Å². The summed E-state index contributed by atoms with van der Waals surface area (Å²) in [6.07, 6.45) is 0.899. The first kappa shape index (κ1) is 14.0. The van der Waals surface area contributed by atoms with Crippen LogP contribution in [0.15, 0.2) is 24.3 Å². The molecule has 1 aliphatic rings. The molecule has 0 N–H and O–H groups in total. The van der Waals surface area contributed by atoms with Crippen LogP contribution in [0, 0.1) is 28.6 Å². The average Bonchev–Trinajstić information content (AvgIpc) is 2.96. The molecule has 5 nitrogen and oxygen atoms in total. The maximum atomic E-state index is 12.2. The lowest BCUT2D eigenvalue weighted by Crippen LogP contribution is -2.33. The van der Waals surface area contributed by atoms with E-state index in [1.807, 2.05) is 18.2 Å². The van der Waals surface area contributed by atoms with E-state index in [9.17, 15) is 4.79 Å². The van der Waals surface area contributed by atoms with Crippen molar-refractivity contribution in [1.82, 2.24) is 5.06 Å². The predicted octanol–water partition coefficient (Wildman–Crippen LogP) is 2.31. The van der Waals surface area contributed by atoms with E-state index in [0.29, 0.717) is 12.2 Å². The van der Waals surface area contributed by atoms with Crippen LogP contribution >= 0.6 is 0 Å². The zero-order valence-electron chi connectivity index (χ0n) is 11.2. The second-order valence-electron chi connectivity index (χ2n) is 4.80. The highest BCUT2D eigenvalue weighted by Gasteiger charge is 2.33. The van der Waals surface area contributed by atoms with Gasteiger partial charge in [-0.25, -0.2) is 5.06 Å². The Bertz CT molecular complexity index is 568. The van der Waals surface area contributed by atoms with Crippen molar-refractivity contribution in [3.63, 3.8) is 0 Å². The van der Waals surface area contributed by atoms with Crippen molar-refractivity contribution in [2.45, 2.75) is 25.8 Å². The normalized spacial score (nSPS) is 19.1. The van der Waals surface area contributed by atoms with E-state index in [1.165, 1.54) is 5.06 Å². The van der Waals surface area contributed by atoms with Gasteiger partial charge >= 0.3 is 0 Å². The predicted molar refractivity (Wildman–Crippen MR) is 70.7 cm³/mol. The summed E-state index contributed by atoms with van der Waals surface area (Å²) < 4.78 is 0. The van der Waals surface area contributed by atoms with Gasteiger partial charge in [-0.3, -0.25) is 9.63 Å². The van der Waals surface area contributed by atoms with Crippen molar-refractivity contribution in [3.05, 3.63) is 35.4 Å². The standard InChI is InChI=1S/C15H15N3O2/c1-11(6-8-16)15(19)18-14(7-9-20-18)13-4-2-12(10-17)3-5-13/h2-5,11,14H,6-7,9H2,1H3/t11?,14-/m0/s1. The van der Waals surface area contributed by atoms with Gasteiger partial charge in [-0.1, -0.05) is 19.1 Å². The van der Waals surface area contributed by atoms with Gasteiger partial charge in [0.25, 0.3) is 5.91 Å². The molecule has 5 heteroatoms. The number of carbonyl (C=O) groups excluding carboxylic acids is 1. The lowest BCUT2D eigenvalue weighted by molar-refractivity contribution is -0.181. The van der Waals surface area contributed by atoms with Crippen molar-refractivity contribution in [2.24, 2.45) is 5.92 Å². The van der Waals surface area contributed by atoms with Crippen molar-refractivity contribution in [2.75, 3.05) is 6.61 Å². The van der Waals surface area contributed by atoms with Gasteiger partial charge in [0, 0.05) is 12.8 Å². The number of benzene rings is 1. The zero-order valence-corrected chi connectivity index (χ0v) is 11.2. The molecule has 1 heterocycles. The quantitative estimate of drug-likeness (QED) is 0.843. The molecule has 1 aromatic carbocycles. The van der Waals surface area contributed by atoms with Crippen LogP contribution in [0.1, 0.15) is 36.9 Å². The van der Waals surface area contributed by atoms with Crippen LogP contribution in [0.4, 0.5) is 0 Å². The Morgan fingerprint density at radius 3 is 2.75 bits per heavy atom. The minimum absolute atomic E-state index is 0.142. The van der Waals surface area contributed by atoms with Gasteiger partial charge in [0.1, 0.15) is 0 Å². The summed E-state index contributed by atoms with van der Waals surface area (Å²) in [4.78, 5) is 17.7. The number of amides is 1. The summed E-state index contributed by atoms with van der Waals surface area (Å²) in [5.74, 6) is -0.544. The largest absolute Gasteiger partial charge is 0.272 e. The third-order valence-electron chi connectivity index (χ3n) is 3.37. The third-order valence-corrected chi connectivity index (χ3v) is 3.37. The molecule has 20 heavy (non-hydrogen) atoms. The monoisotopic (exact) mass is 269 g/mol. The van der Waals surface area contributed by atoms with Gasteiger partial charge < -0.3 is 0 Å². The molecule has 0 bridgehead atoms. The summed E-state index contributed by atoms with van der Waals surface area (Å²) in [7, 11) is 0. The fourth-order valence-electron chi connectivity index (χ4n) is 2.21. The molecule has 1 unspecified atom stereocenters. The minimum Gasteiger partial charge on any atom is -0.272 e. The Kier molecular flexibility index (Phi) is 4.34. The number of nitriles is 2. The molecule has 0 saturated carbocycles. The first-order chi connectivity index (χ1) is 9.67. The smallest absolute Gasteiger partial charge is 0.250 e. The van der Waals surface area contributed by atoms with Crippen LogP contribution in [0.3, 0.4) is 0 Å². The Labute approximate surface area is 117 Å². The van der Waals surface area contributed by atoms with Crippen LogP contribution in [0.2, 0.25) is 0 Å². The van der Waals surface area contributed by atoms with Gasteiger partial charge in [-0.05, 0) is 17.7 Å².